The molecule has 1 aromatic carbocycles. The van der Waals surface area contributed by atoms with Gasteiger partial charge >= 0.3 is 6.03 Å². The highest BCUT2D eigenvalue weighted by Crippen LogP contribution is 2.32. The minimum atomic E-state index is -0.289. The Bertz CT molecular complexity index is 785. The molecule has 5 nitrogen and oxygen atoms in total. The number of nitrogens with zero attached hydrogens (tertiary/aromatic N) is 1. The fraction of sp³-hybridized carbons (Fsp3) is 0.630. The third kappa shape index (κ3) is 8.68. The number of para-hydroxylation sites is 1. The van der Waals surface area contributed by atoms with E-state index in [0.29, 0.717) is 17.7 Å². The molecule has 32 heavy (non-hydrogen) atoms. The maximum absolute atomic E-state index is 12.7. The van der Waals surface area contributed by atoms with Crippen LogP contribution in [0.15, 0.2) is 28.8 Å². The van der Waals surface area contributed by atoms with E-state index in [-0.39, 0.29) is 6.03 Å². The van der Waals surface area contributed by atoms with Crippen molar-refractivity contribution in [3.05, 3.63) is 41.2 Å². The number of hydrogen-bond donors (Lipinski definition) is 2. The molecular weight excluding hydrogens is 398 g/mol. The van der Waals surface area contributed by atoms with Gasteiger partial charge in [-0.3, -0.25) is 5.32 Å². The van der Waals surface area contributed by atoms with Crippen molar-refractivity contribution in [3.63, 3.8) is 0 Å². The summed E-state index contributed by atoms with van der Waals surface area (Å²) in [6, 6.07) is 7.76. The van der Waals surface area contributed by atoms with E-state index in [9.17, 15) is 4.79 Å². The fourth-order valence-corrected chi connectivity index (χ4v) is 4.06. The molecule has 5 heteroatoms. The van der Waals surface area contributed by atoms with Gasteiger partial charge in [0.05, 0.1) is 0 Å². The Morgan fingerprint density at radius 2 is 1.44 bits per heavy atom. The van der Waals surface area contributed by atoms with E-state index < -0.39 is 0 Å². The van der Waals surface area contributed by atoms with Crippen molar-refractivity contribution < 1.29 is 9.32 Å². The second kappa shape index (κ2) is 14.0. The van der Waals surface area contributed by atoms with Crippen LogP contribution in [0.4, 0.5) is 16.3 Å². The molecule has 0 unspecified atom stereocenters. The molecule has 2 aromatic rings. The van der Waals surface area contributed by atoms with Crippen LogP contribution in [-0.2, 0) is 6.42 Å². The third-order valence-electron chi connectivity index (χ3n) is 5.94. The zero-order valence-electron chi connectivity index (χ0n) is 20.8. The number of aryl methyl sites for hydroxylation is 1. The van der Waals surface area contributed by atoms with Crippen LogP contribution in [0.1, 0.15) is 121 Å². The van der Waals surface area contributed by atoms with Gasteiger partial charge in [0.25, 0.3) is 0 Å². The Hall–Kier alpha value is -2.30. The molecule has 0 aliphatic rings. The molecule has 0 atom stereocenters. The average Bonchev–Trinajstić information content (AvgIpc) is 3.19. The molecule has 0 bridgehead atoms. The van der Waals surface area contributed by atoms with E-state index in [1.807, 2.05) is 6.07 Å². The lowest BCUT2D eigenvalue weighted by molar-refractivity contribution is 0.262. The number of rotatable bonds is 14. The first-order valence-electron chi connectivity index (χ1n) is 12.6. The van der Waals surface area contributed by atoms with Gasteiger partial charge in [-0.25, -0.2) is 4.79 Å². The maximum atomic E-state index is 12.7. The molecule has 0 saturated carbocycles. The number of carbonyl (C=O) groups is 1. The highest BCUT2D eigenvalue weighted by Gasteiger charge is 2.16. The van der Waals surface area contributed by atoms with Crippen LogP contribution in [0.3, 0.4) is 0 Å². The number of nitrogens with one attached hydrogen (secondary N) is 2. The molecule has 2 rings (SSSR count). The first-order chi connectivity index (χ1) is 15.4. The van der Waals surface area contributed by atoms with E-state index in [2.05, 4.69) is 68.6 Å². The summed E-state index contributed by atoms with van der Waals surface area (Å²) in [7, 11) is 0. The Morgan fingerprint density at radius 3 is 2.00 bits per heavy atom. The van der Waals surface area contributed by atoms with E-state index in [0.717, 1.165) is 35.4 Å². The summed E-state index contributed by atoms with van der Waals surface area (Å²) in [4.78, 5) is 12.7. The zero-order chi connectivity index (χ0) is 23.3. The van der Waals surface area contributed by atoms with Gasteiger partial charge in [-0.1, -0.05) is 109 Å². The Labute approximate surface area is 194 Å². The molecule has 1 heterocycles. The lowest BCUT2D eigenvalue weighted by atomic mass is 9.93. The Balaban J connectivity index is 1.79. The molecule has 0 aliphatic heterocycles. The number of hydrogen-bond acceptors (Lipinski definition) is 3. The second-order valence-corrected chi connectivity index (χ2v) is 9.46. The average molecular weight is 442 g/mol. The summed E-state index contributed by atoms with van der Waals surface area (Å²) >= 11 is 0. The molecule has 0 aliphatic carbocycles. The lowest BCUT2D eigenvalue weighted by Gasteiger charge is -2.20. The molecular formula is C27H43N3O2. The molecule has 178 valence electrons. The molecule has 2 amide bonds. The van der Waals surface area contributed by atoms with Crippen molar-refractivity contribution in [2.75, 3.05) is 10.6 Å². The fourth-order valence-electron chi connectivity index (χ4n) is 4.06. The van der Waals surface area contributed by atoms with Crippen molar-refractivity contribution in [1.82, 2.24) is 5.16 Å². The van der Waals surface area contributed by atoms with E-state index in [1.165, 1.54) is 51.4 Å². The van der Waals surface area contributed by atoms with Gasteiger partial charge in [0.15, 0.2) is 5.82 Å². The van der Waals surface area contributed by atoms with Crippen molar-refractivity contribution in [2.45, 2.75) is 111 Å². The smallest absolute Gasteiger partial charge is 0.324 e. The number of urea groups is 1. The Morgan fingerprint density at radius 1 is 0.875 bits per heavy atom. The zero-order valence-corrected chi connectivity index (χ0v) is 20.8. The highest BCUT2D eigenvalue weighted by molar-refractivity contribution is 6.00. The number of unbranched alkanes of at least 4 members (excludes halogenated alkanes) is 8. The SMILES string of the molecule is CCCCCCCCCCCc1cc(NC(=O)Nc2c(C(C)C)cccc2C(C)C)no1. The van der Waals surface area contributed by atoms with E-state index >= 15 is 0 Å². The monoisotopic (exact) mass is 441 g/mol. The van der Waals surface area contributed by atoms with Crippen molar-refractivity contribution in [3.8, 4) is 0 Å². The standard InChI is InChI=1S/C27H43N3O2/c1-6-7-8-9-10-11-12-13-14-16-22-19-25(30-32-22)28-27(31)29-26-23(20(2)3)17-15-18-24(26)21(4)5/h15,17-21H,6-14,16H2,1-5H3,(H2,28,29,30,31). The minimum absolute atomic E-state index is 0.289. The summed E-state index contributed by atoms with van der Waals surface area (Å²) in [6.45, 7) is 10.8. The van der Waals surface area contributed by atoms with Crippen LogP contribution in [0, 0.1) is 0 Å². The number of anilines is 2. The van der Waals surface area contributed by atoms with Crippen LogP contribution in [0.25, 0.3) is 0 Å². The van der Waals surface area contributed by atoms with Crippen LogP contribution >= 0.6 is 0 Å². The summed E-state index contributed by atoms with van der Waals surface area (Å²) in [5.74, 6) is 1.92. The first kappa shape index (κ1) is 26.0. The largest absolute Gasteiger partial charge is 0.359 e. The van der Waals surface area contributed by atoms with E-state index in [1.54, 1.807) is 0 Å². The topological polar surface area (TPSA) is 67.2 Å². The molecule has 0 spiro atoms. The van der Waals surface area contributed by atoms with Crippen LogP contribution in [-0.4, -0.2) is 11.2 Å². The number of amides is 2. The molecule has 0 radical (unpaired) electrons. The number of benzene rings is 1. The minimum Gasteiger partial charge on any atom is -0.359 e. The molecule has 2 N–H and O–H groups in total. The van der Waals surface area contributed by atoms with E-state index in [4.69, 9.17) is 4.52 Å². The maximum Gasteiger partial charge on any atom is 0.324 e. The van der Waals surface area contributed by atoms with Crippen LogP contribution < -0.4 is 10.6 Å². The first-order valence-corrected chi connectivity index (χ1v) is 12.6. The number of aromatic nitrogens is 1. The van der Waals surface area contributed by atoms with Gasteiger partial charge in [0, 0.05) is 18.2 Å². The van der Waals surface area contributed by atoms with Crippen molar-refractivity contribution >= 4 is 17.5 Å². The van der Waals surface area contributed by atoms with Crippen LogP contribution in [0.5, 0.6) is 0 Å². The highest BCUT2D eigenvalue weighted by atomic mass is 16.5. The summed E-state index contributed by atoms with van der Waals surface area (Å²) < 4.78 is 5.42. The van der Waals surface area contributed by atoms with Gasteiger partial charge in [-0.15, -0.1) is 0 Å². The van der Waals surface area contributed by atoms with Gasteiger partial charge in [-0.05, 0) is 29.4 Å². The summed E-state index contributed by atoms with van der Waals surface area (Å²) in [5, 5.41) is 9.90. The van der Waals surface area contributed by atoms with Gasteiger partial charge in [0.1, 0.15) is 5.76 Å². The summed E-state index contributed by atoms with van der Waals surface area (Å²) in [5.41, 5.74) is 3.17. The third-order valence-corrected chi connectivity index (χ3v) is 5.94. The summed E-state index contributed by atoms with van der Waals surface area (Å²) in [6.07, 6.45) is 12.5. The van der Waals surface area contributed by atoms with Crippen LogP contribution in [0.2, 0.25) is 0 Å². The second-order valence-electron chi connectivity index (χ2n) is 9.46. The molecule has 0 fully saturated rings. The Kier molecular flexibility index (Phi) is 11.3. The lowest BCUT2D eigenvalue weighted by Crippen LogP contribution is -2.22. The predicted molar refractivity (Wildman–Crippen MR) is 135 cm³/mol. The predicted octanol–water partition coefficient (Wildman–Crippen LogP) is 8.64. The number of carbonyl (C=O) groups excluding carboxylic acids is 1. The quantitative estimate of drug-likeness (QED) is 0.288. The van der Waals surface area contributed by atoms with Gasteiger partial charge in [-0.2, -0.15) is 0 Å². The molecule has 1 aromatic heterocycles. The van der Waals surface area contributed by atoms with Crippen molar-refractivity contribution in [2.24, 2.45) is 0 Å². The van der Waals surface area contributed by atoms with Gasteiger partial charge < -0.3 is 9.84 Å². The van der Waals surface area contributed by atoms with Gasteiger partial charge in [0.2, 0.25) is 0 Å². The normalized spacial score (nSPS) is 11.3. The molecule has 0 saturated heterocycles. The van der Waals surface area contributed by atoms with Crippen molar-refractivity contribution in [1.29, 1.82) is 0 Å².